The SMILES string of the molecule is NC(=O)c1ccc(-c2cnn(C(=O)O)n2)c2ccccc12. The van der Waals surface area contributed by atoms with Crippen LogP contribution >= 0.6 is 0 Å². The van der Waals surface area contributed by atoms with Crippen LogP contribution in [0.15, 0.2) is 42.6 Å². The average Bonchev–Trinajstić information content (AvgIpc) is 2.95. The highest BCUT2D eigenvalue weighted by Gasteiger charge is 2.14. The molecular weight excluding hydrogens is 272 g/mol. The fourth-order valence-corrected chi connectivity index (χ4v) is 2.22. The van der Waals surface area contributed by atoms with Crippen LogP contribution in [0.25, 0.3) is 22.0 Å². The summed E-state index contributed by atoms with van der Waals surface area (Å²) in [6.45, 7) is 0. The van der Waals surface area contributed by atoms with Crippen LogP contribution in [0.2, 0.25) is 0 Å². The second-order valence-electron chi connectivity index (χ2n) is 4.37. The lowest BCUT2D eigenvalue weighted by Gasteiger charge is -2.07. The number of primary amides is 1. The van der Waals surface area contributed by atoms with E-state index in [1.807, 2.05) is 12.1 Å². The van der Waals surface area contributed by atoms with Crippen LogP contribution in [0.4, 0.5) is 4.79 Å². The van der Waals surface area contributed by atoms with Crippen molar-refractivity contribution < 1.29 is 14.7 Å². The van der Waals surface area contributed by atoms with Crippen molar-refractivity contribution in [3.63, 3.8) is 0 Å². The topological polar surface area (TPSA) is 111 Å². The van der Waals surface area contributed by atoms with Crippen molar-refractivity contribution in [1.29, 1.82) is 0 Å². The van der Waals surface area contributed by atoms with E-state index in [0.717, 1.165) is 5.39 Å². The monoisotopic (exact) mass is 282 g/mol. The zero-order valence-corrected chi connectivity index (χ0v) is 10.7. The lowest BCUT2D eigenvalue weighted by atomic mass is 9.98. The first kappa shape index (κ1) is 12.8. The van der Waals surface area contributed by atoms with Crippen molar-refractivity contribution in [3.05, 3.63) is 48.2 Å². The molecule has 0 spiro atoms. The summed E-state index contributed by atoms with van der Waals surface area (Å²) in [6, 6.07) is 10.5. The number of carboxylic acid groups (broad SMARTS) is 1. The highest BCUT2D eigenvalue weighted by Crippen LogP contribution is 2.29. The van der Waals surface area contributed by atoms with Gasteiger partial charge in [0, 0.05) is 11.1 Å². The first-order valence-electron chi connectivity index (χ1n) is 6.05. The fraction of sp³-hybridized carbons (Fsp3) is 0. The number of nitrogens with zero attached hydrogens (tertiary/aromatic N) is 3. The Bertz CT molecular complexity index is 870. The largest absolute Gasteiger partial charge is 0.462 e. The minimum Gasteiger partial charge on any atom is -0.462 e. The number of carbonyl (C=O) groups is 2. The zero-order valence-electron chi connectivity index (χ0n) is 10.7. The molecule has 3 aromatic rings. The molecule has 104 valence electrons. The van der Waals surface area contributed by atoms with Gasteiger partial charge in [0.25, 0.3) is 0 Å². The minimum absolute atomic E-state index is 0.403. The molecule has 2 aromatic carbocycles. The number of hydrogen-bond acceptors (Lipinski definition) is 4. The maximum atomic E-state index is 11.5. The molecule has 7 heteroatoms. The van der Waals surface area contributed by atoms with Crippen molar-refractivity contribution >= 4 is 22.8 Å². The molecule has 3 rings (SSSR count). The number of nitrogens with two attached hydrogens (primary N) is 1. The summed E-state index contributed by atoms with van der Waals surface area (Å²) in [4.78, 5) is 22.9. The second-order valence-corrected chi connectivity index (χ2v) is 4.37. The zero-order chi connectivity index (χ0) is 15.0. The van der Waals surface area contributed by atoms with E-state index in [-0.39, 0.29) is 0 Å². The van der Waals surface area contributed by atoms with E-state index in [9.17, 15) is 9.59 Å². The molecule has 1 aromatic heterocycles. The summed E-state index contributed by atoms with van der Waals surface area (Å²) < 4.78 is 0. The van der Waals surface area contributed by atoms with Crippen LogP contribution < -0.4 is 5.73 Å². The molecule has 1 heterocycles. The van der Waals surface area contributed by atoms with Gasteiger partial charge in [0.2, 0.25) is 5.91 Å². The van der Waals surface area contributed by atoms with Crippen molar-refractivity contribution in [2.45, 2.75) is 0 Å². The Morgan fingerprint density at radius 2 is 1.81 bits per heavy atom. The highest BCUT2D eigenvalue weighted by molar-refractivity contribution is 6.10. The number of amides is 1. The summed E-state index contributed by atoms with van der Waals surface area (Å²) in [5.74, 6) is -0.521. The van der Waals surface area contributed by atoms with Gasteiger partial charge in [-0.1, -0.05) is 35.1 Å². The normalized spacial score (nSPS) is 10.7. The van der Waals surface area contributed by atoms with E-state index in [0.29, 0.717) is 27.0 Å². The summed E-state index contributed by atoms with van der Waals surface area (Å²) in [6.07, 6.45) is 0.0964. The Kier molecular flexibility index (Phi) is 2.87. The predicted molar refractivity (Wildman–Crippen MR) is 74.9 cm³/mol. The van der Waals surface area contributed by atoms with Crippen LogP contribution in [0, 0.1) is 0 Å². The van der Waals surface area contributed by atoms with E-state index in [2.05, 4.69) is 10.2 Å². The highest BCUT2D eigenvalue weighted by atomic mass is 16.4. The van der Waals surface area contributed by atoms with Gasteiger partial charge in [0.1, 0.15) is 5.69 Å². The molecule has 0 bridgehead atoms. The average molecular weight is 282 g/mol. The third kappa shape index (κ3) is 2.10. The number of fused-ring (bicyclic) bond motifs is 1. The minimum atomic E-state index is -1.26. The van der Waals surface area contributed by atoms with Gasteiger partial charge in [-0.25, -0.2) is 4.79 Å². The predicted octanol–water partition coefficient (Wildman–Crippen LogP) is 1.72. The number of carbonyl (C=O) groups excluding carboxylic acids is 1. The molecule has 0 saturated heterocycles. The lowest BCUT2D eigenvalue weighted by molar-refractivity contribution is 0.100. The van der Waals surface area contributed by atoms with Gasteiger partial charge in [-0.3, -0.25) is 4.79 Å². The molecule has 0 aliphatic rings. The maximum absolute atomic E-state index is 11.5. The van der Waals surface area contributed by atoms with Crippen LogP contribution in [-0.2, 0) is 0 Å². The van der Waals surface area contributed by atoms with Crippen LogP contribution in [0.5, 0.6) is 0 Å². The van der Waals surface area contributed by atoms with Crippen LogP contribution in [0.3, 0.4) is 0 Å². The Labute approximate surface area is 118 Å². The van der Waals surface area contributed by atoms with Crippen molar-refractivity contribution in [1.82, 2.24) is 15.0 Å². The van der Waals surface area contributed by atoms with Gasteiger partial charge in [-0.15, -0.1) is 5.10 Å². The van der Waals surface area contributed by atoms with Gasteiger partial charge >= 0.3 is 6.09 Å². The molecule has 0 fully saturated rings. The molecule has 1 amide bonds. The van der Waals surface area contributed by atoms with E-state index in [1.54, 1.807) is 24.3 Å². The van der Waals surface area contributed by atoms with E-state index >= 15 is 0 Å². The van der Waals surface area contributed by atoms with Crippen LogP contribution in [-0.4, -0.2) is 32.1 Å². The Morgan fingerprint density at radius 3 is 2.43 bits per heavy atom. The van der Waals surface area contributed by atoms with Gasteiger partial charge in [-0.2, -0.15) is 5.10 Å². The quantitative estimate of drug-likeness (QED) is 0.743. The van der Waals surface area contributed by atoms with Crippen molar-refractivity contribution in [2.75, 3.05) is 0 Å². The van der Waals surface area contributed by atoms with Crippen molar-refractivity contribution in [2.24, 2.45) is 5.73 Å². The van der Waals surface area contributed by atoms with Gasteiger partial charge in [-0.05, 0) is 16.8 Å². The number of hydrogen-bond donors (Lipinski definition) is 2. The molecule has 0 unspecified atom stereocenters. The molecule has 21 heavy (non-hydrogen) atoms. The molecule has 7 nitrogen and oxygen atoms in total. The number of rotatable bonds is 2. The van der Waals surface area contributed by atoms with Crippen molar-refractivity contribution in [3.8, 4) is 11.3 Å². The van der Waals surface area contributed by atoms with E-state index in [4.69, 9.17) is 10.8 Å². The van der Waals surface area contributed by atoms with E-state index < -0.39 is 12.0 Å². The molecule has 0 saturated carbocycles. The molecular formula is C14H10N4O3. The van der Waals surface area contributed by atoms with Gasteiger partial charge in [0.05, 0.1) is 6.20 Å². The number of benzene rings is 2. The Balaban J connectivity index is 2.26. The number of aromatic nitrogens is 3. The Hall–Kier alpha value is -3.22. The third-order valence-electron chi connectivity index (χ3n) is 3.13. The standard InChI is InChI=1S/C14H10N4O3/c15-13(19)11-6-5-10(8-3-1-2-4-9(8)11)12-7-16-18(17-12)14(20)21/h1-7H,(H2,15,19)(H,20,21). The summed E-state index contributed by atoms with van der Waals surface area (Å²) in [7, 11) is 0. The molecule has 0 aliphatic heterocycles. The summed E-state index contributed by atoms with van der Waals surface area (Å²) in [5.41, 5.74) is 6.86. The molecule has 0 radical (unpaired) electrons. The first-order chi connectivity index (χ1) is 10.1. The third-order valence-corrected chi connectivity index (χ3v) is 3.13. The first-order valence-corrected chi connectivity index (χ1v) is 6.05. The fourth-order valence-electron chi connectivity index (χ4n) is 2.22. The van der Waals surface area contributed by atoms with Gasteiger partial charge < -0.3 is 10.8 Å². The second kappa shape index (κ2) is 4.71. The smallest absolute Gasteiger partial charge is 0.449 e. The van der Waals surface area contributed by atoms with Gasteiger partial charge in [0.15, 0.2) is 0 Å². The Morgan fingerprint density at radius 1 is 1.10 bits per heavy atom. The lowest BCUT2D eigenvalue weighted by Crippen LogP contribution is -2.12. The maximum Gasteiger partial charge on any atom is 0.449 e. The molecule has 3 N–H and O–H groups in total. The summed E-state index contributed by atoms with van der Waals surface area (Å²) in [5, 5.41) is 17.9. The summed E-state index contributed by atoms with van der Waals surface area (Å²) >= 11 is 0. The molecule has 0 atom stereocenters. The molecule has 0 aliphatic carbocycles. The van der Waals surface area contributed by atoms with E-state index in [1.165, 1.54) is 6.20 Å². The van der Waals surface area contributed by atoms with Crippen LogP contribution in [0.1, 0.15) is 10.4 Å².